The molecule has 0 bridgehead atoms. The largest absolute Gasteiger partial charge is 0.553 e. The van der Waals surface area contributed by atoms with Crippen LogP contribution in [0.25, 0.3) is 0 Å². The van der Waals surface area contributed by atoms with Gasteiger partial charge in [0.2, 0.25) is 0 Å². The highest BCUT2D eigenvalue weighted by Crippen LogP contribution is 2.02. The molecule has 17 heavy (non-hydrogen) atoms. The Labute approximate surface area is 97.0 Å². The van der Waals surface area contributed by atoms with Crippen LogP contribution >= 0.6 is 0 Å². The SMILES string of the molecule is COC(CCCOOOC(=O)OC(=O)O)OC. The number of carboxylic acid groups (broad SMARTS) is 1. The van der Waals surface area contributed by atoms with Gasteiger partial charge in [-0.05, 0) is 11.5 Å². The molecule has 1 N–H and O–H groups in total. The highest BCUT2D eigenvalue weighted by Gasteiger charge is 2.11. The van der Waals surface area contributed by atoms with Crippen molar-refractivity contribution in [2.75, 3.05) is 20.8 Å². The zero-order chi connectivity index (χ0) is 13.1. The summed E-state index contributed by atoms with van der Waals surface area (Å²) in [4.78, 5) is 28.4. The van der Waals surface area contributed by atoms with E-state index < -0.39 is 12.3 Å². The van der Waals surface area contributed by atoms with Crippen LogP contribution in [0.4, 0.5) is 9.59 Å². The van der Waals surface area contributed by atoms with Crippen molar-refractivity contribution in [3.63, 3.8) is 0 Å². The molecule has 0 aliphatic rings. The lowest BCUT2D eigenvalue weighted by atomic mass is 10.3. The van der Waals surface area contributed by atoms with Gasteiger partial charge in [-0.15, -0.1) is 0 Å². The van der Waals surface area contributed by atoms with Gasteiger partial charge in [0, 0.05) is 20.6 Å². The first-order valence-electron chi connectivity index (χ1n) is 4.56. The molecule has 0 aromatic heterocycles. The van der Waals surface area contributed by atoms with Crippen molar-refractivity contribution in [1.82, 2.24) is 0 Å². The molecular formula is C8H14O9. The fourth-order valence-corrected chi connectivity index (χ4v) is 0.815. The summed E-state index contributed by atoms with van der Waals surface area (Å²) in [5.74, 6) is 0. The van der Waals surface area contributed by atoms with Gasteiger partial charge < -0.3 is 19.3 Å². The van der Waals surface area contributed by atoms with Gasteiger partial charge >= 0.3 is 12.3 Å². The summed E-state index contributed by atoms with van der Waals surface area (Å²) in [7, 11) is 2.99. The molecule has 0 aromatic carbocycles. The summed E-state index contributed by atoms with van der Waals surface area (Å²) < 4.78 is 13.3. The molecule has 0 fully saturated rings. The maximum absolute atomic E-state index is 10.4. The second kappa shape index (κ2) is 9.78. The van der Waals surface area contributed by atoms with Crippen LogP contribution in [-0.4, -0.2) is 44.5 Å². The van der Waals surface area contributed by atoms with Crippen LogP contribution in [0.15, 0.2) is 0 Å². The minimum absolute atomic E-state index is 0.101. The third-order valence-corrected chi connectivity index (χ3v) is 1.51. The monoisotopic (exact) mass is 254 g/mol. The molecule has 0 rings (SSSR count). The molecule has 0 amide bonds. The number of carbonyl (C=O) groups excluding carboxylic acids is 1. The zero-order valence-electron chi connectivity index (χ0n) is 9.41. The van der Waals surface area contributed by atoms with Crippen molar-refractivity contribution in [3.8, 4) is 0 Å². The lowest BCUT2D eigenvalue weighted by Crippen LogP contribution is -2.15. The smallest absolute Gasteiger partial charge is 0.449 e. The van der Waals surface area contributed by atoms with Crippen LogP contribution in [0.5, 0.6) is 0 Å². The topological polar surface area (TPSA) is 110 Å². The number of carbonyl (C=O) groups is 2. The van der Waals surface area contributed by atoms with Gasteiger partial charge in [-0.1, -0.05) is 0 Å². The second-order valence-electron chi connectivity index (χ2n) is 2.63. The summed E-state index contributed by atoms with van der Waals surface area (Å²) in [5, 5.41) is 11.9. The van der Waals surface area contributed by atoms with Gasteiger partial charge in [-0.25, -0.2) is 9.68 Å². The van der Waals surface area contributed by atoms with E-state index in [1.165, 1.54) is 14.2 Å². The van der Waals surface area contributed by atoms with Crippen molar-refractivity contribution in [3.05, 3.63) is 0 Å². The molecule has 9 heteroatoms. The van der Waals surface area contributed by atoms with Crippen LogP contribution in [0.2, 0.25) is 0 Å². The first-order valence-corrected chi connectivity index (χ1v) is 4.56. The van der Waals surface area contributed by atoms with Gasteiger partial charge in [-0.2, -0.15) is 9.68 Å². The highest BCUT2D eigenvalue weighted by molar-refractivity contribution is 5.75. The molecular weight excluding hydrogens is 240 g/mol. The quantitative estimate of drug-likeness (QED) is 0.170. The maximum Gasteiger partial charge on any atom is 0.553 e. The van der Waals surface area contributed by atoms with E-state index in [0.717, 1.165) is 0 Å². The molecule has 100 valence electrons. The molecule has 0 aliphatic carbocycles. The maximum atomic E-state index is 10.4. The summed E-state index contributed by atoms with van der Waals surface area (Å²) in [6.45, 7) is 0.101. The van der Waals surface area contributed by atoms with Gasteiger partial charge in [0.25, 0.3) is 0 Å². The fraction of sp³-hybridized carbons (Fsp3) is 0.750. The van der Waals surface area contributed by atoms with E-state index in [9.17, 15) is 9.59 Å². The minimum atomic E-state index is -1.80. The zero-order valence-corrected chi connectivity index (χ0v) is 9.41. The van der Waals surface area contributed by atoms with Gasteiger partial charge in [0.15, 0.2) is 6.29 Å². The van der Waals surface area contributed by atoms with Crippen LogP contribution in [0, 0.1) is 0 Å². The third-order valence-electron chi connectivity index (χ3n) is 1.51. The normalized spacial score (nSPS) is 10.3. The fourth-order valence-electron chi connectivity index (χ4n) is 0.815. The van der Waals surface area contributed by atoms with Gasteiger partial charge in [0.1, 0.15) is 0 Å². The molecule has 0 saturated heterocycles. The number of rotatable bonds is 8. The Hall–Kier alpha value is -1.42. The van der Waals surface area contributed by atoms with E-state index in [4.69, 9.17) is 14.6 Å². The van der Waals surface area contributed by atoms with Gasteiger partial charge in [0.05, 0.1) is 6.61 Å². The van der Waals surface area contributed by atoms with E-state index in [1.54, 1.807) is 0 Å². The summed E-state index contributed by atoms with van der Waals surface area (Å²) in [6, 6.07) is 0. The number of ether oxygens (including phenoxy) is 3. The molecule has 0 aromatic rings. The van der Waals surface area contributed by atoms with E-state index in [-0.39, 0.29) is 12.9 Å². The summed E-state index contributed by atoms with van der Waals surface area (Å²) in [6.07, 6.45) is -2.62. The van der Waals surface area contributed by atoms with Crippen molar-refractivity contribution in [1.29, 1.82) is 0 Å². The Morgan fingerprint density at radius 3 is 2.41 bits per heavy atom. The summed E-state index contributed by atoms with van der Waals surface area (Å²) in [5.41, 5.74) is 0. The van der Waals surface area contributed by atoms with Crippen LogP contribution in [0.3, 0.4) is 0 Å². The van der Waals surface area contributed by atoms with Gasteiger partial charge in [-0.3, -0.25) is 0 Å². The Kier molecular flexibility index (Phi) is 8.96. The molecule has 0 heterocycles. The number of hydrogen-bond donors (Lipinski definition) is 1. The van der Waals surface area contributed by atoms with Crippen LogP contribution in [0.1, 0.15) is 12.8 Å². The Morgan fingerprint density at radius 2 is 1.88 bits per heavy atom. The van der Waals surface area contributed by atoms with E-state index >= 15 is 0 Å². The molecule has 9 nitrogen and oxygen atoms in total. The average Bonchev–Trinajstić information content (AvgIpc) is 2.27. The Balaban J connectivity index is 3.34. The summed E-state index contributed by atoms with van der Waals surface area (Å²) >= 11 is 0. The first kappa shape index (κ1) is 15.6. The Morgan fingerprint density at radius 1 is 1.24 bits per heavy atom. The second-order valence-corrected chi connectivity index (χ2v) is 2.63. The predicted octanol–water partition coefficient (Wildman–Crippen LogP) is 1.08. The number of hydrogen-bond acceptors (Lipinski definition) is 8. The predicted molar refractivity (Wildman–Crippen MR) is 49.7 cm³/mol. The molecule has 0 aliphatic heterocycles. The first-order chi connectivity index (χ1) is 8.10. The lowest BCUT2D eigenvalue weighted by molar-refractivity contribution is -0.485. The molecule has 0 spiro atoms. The standard InChI is InChI=1S/C8H14O9/c1-12-6(13-2)4-3-5-14-17-16-8(11)15-7(9)10/h6H,3-5H2,1-2H3,(H,9,10). The Bertz CT molecular complexity index is 225. The lowest BCUT2D eigenvalue weighted by Gasteiger charge is -2.11. The van der Waals surface area contributed by atoms with Crippen LogP contribution in [-0.2, 0) is 29.0 Å². The molecule has 0 atom stereocenters. The molecule has 0 unspecified atom stereocenters. The van der Waals surface area contributed by atoms with E-state index in [2.05, 4.69) is 19.6 Å². The van der Waals surface area contributed by atoms with Crippen molar-refractivity contribution >= 4 is 12.3 Å². The van der Waals surface area contributed by atoms with E-state index in [1.807, 2.05) is 0 Å². The van der Waals surface area contributed by atoms with Crippen LogP contribution < -0.4 is 0 Å². The number of methoxy groups -OCH3 is 2. The third kappa shape index (κ3) is 9.51. The van der Waals surface area contributed by atoms with Crippen molar-refractivity contribution in [2.24, 2.45) is 0 Å². The highest BCUT2D eigenvalue weighted by atomic mass is 17.5. The molecule has 0 radical (unpaired) electrons. The minimum Gasteiger partial charge on any atom is -0.449 e. The van der Waals surface area contributed by atoms with E-state index in [0.29, 0.717) is 12.8 Å². The average molecular weight is 254 g/mol. The molecule has 0 saturated carbocycles. The van der Waals surface area contributed by atoms with Crippen molar-refractivity contribution in [2.45, 2.75) is 19.1 Å². The van der Waals surface area contributed by atoms with Crippen molar-refractivity contribution < 1.29 is 43.7 Å².